The number of nitrogens with one attached hydrogen (secondary N) is 2. The van der Waals surface area contributed by atoms with Crippen molar-refractivity contribution in [2.45, 2.75) is 35.5 Å². The summed E-state index contributed by atoms with van der Waals surface area (Å²) in [6.45, 7) is -0.444. The molecule has 1 aromatic carbocycles. The second-order valence-electron chi connectivity index (χ2n) is 6.90. The number of carbonyl (C=O) groups excluding carboxylic acids is 1. The van der Waals surface area contributed by atoms with E-state index in [9.17, 15) is 28.5 Å². The fraction of sp³-hybridized carbons (Fsp3) is 0.316. The van der Waals surface area contributed by atoms with Crippen LogP contribution in [0.5, 0.6) is 0 Å². The van der Waals surface area contributed by atoms with Gasteiger partial charge in [-0.3, -0.25) is 4.79 Å². The van der Waals surface area contributed by atoms with Gasteiger partial charge in [-0.25, -0.2) is 13.1 Å². The van der Waals surface area contributed by atoms with Gasteiger partial charge in [-0.2, -0.15) is 0 Å². The van der Waals surface area contributed by atoms with Gasteiger partial charge in [-0.05, 0) is 29.8 Å². The van der Waals surface area contributed by atoms with Gasteiger partial charge in [-0.15, -0.1) is 0 Å². The van der Waals surface area contributed by atoms with Gasteiger partial charge in [0.25, 0.3) is 0 Å². The molecule has 1 aliphatic rings. The van der Waals surface area contributed by atoms with Crippen molar-refractivity contribution >= 4 is 45.2 Å². The summed E-state index contributed by atoms with van der Waals surface area (Å²) >= 11 is 11.7. The molecule has 5 N–H and O–H groups in total. The third-order valence-corrected chi connectivity index (χ3v) is 6.82. The molecule has 13 heteroatoms. The summed E-state index contributed by atoms with van der Waals surface area (Å²) in [6, 6.07) is 4.59. The molecule has 1 unspecified atom stereocenters. The summed E-state index contributed by atoms with van der Waals surface area (Å²) in [5, 5.41) is 33.8. The lowest BCUT2D eigenvalue weighted by Gasteiger charge is -2.40. The Morgan fingerprint density at radius 2 is 1.88 bits per heavy atom. The van der Waals surface area contributed by atoms with Crippen LogP contribution < -0.4 is 10.0 Å². The molecule has 1 aliphatic heterocycles. The van der Waals surface area contributed by atoms with Crippen molar-refractivity contribution in [3.8, 4) is 0 Å². The highest BCUT2D eigenvalue weighted by molar-refractivity contribution is 7.89. The maximum atomic E-state index is 12.2. The van der Waals surface area contributed by atoms with Crippen LogP contribution in [0, 0.1) is 0 Å². The van der Waals surface area contributed by atoms with E-state index in [0.717, 1.165) is 12.3 Å². The molecule has 2 aromatic rings. The Balaban J connectivity index is 1.58. The Bertz CT molecular complexity index is 1080. The molecule has 1 saturated heterocycles. The van der Waals surface area contributed by atoms with E-state index < -0.39 is 53.1 Å². The zero-order valence-corrected chi connectivity index (χ0v) is 18.6. The van der Waals surface area contributed by atoms with E-state index in [1.54, 1.807) is 18.2 Å². The summed E-state index contributed by atoms with van der Waals surface area (Å²) in [7, 11) is -3.94. The van der Waals surface area contributed by atoms with Crippen molar-refractivity contribution in [2.75, 3.05) is 6.54 Å². The summed E-state index contributed by atoms with van der Waals surface area (Å²) < 4.78 is 36.4. The van der Waals surface area contributed by atoms with Gasteiger partial charge in [0.1, 0.15) is 35.5 Å². The number of hydrogen-bond acceptors (Lipinski definition) is 8. The van der Waals surface area contributed by atoms with Crippen LogP contribution in [0.15, 0.2) is 52.2 Å². The van der Waals surface area contributed by atoms with Crippen molar-refractivity contribution in [2.24, 2.45) is 0 Å². The molecule has 2 heterocycles. The SMILES string of the molecule is O=C(/C=C/c1ccc(Cl)c(Cl)c1)N[C@H]1C(O)O[C@H](CNS(=O)(=O)c2ccoc2)[C@@H](O)[C@@H]1O. The second-order valence-corrected chi connectivity index (χ2v) is 9.48. The maximum absolute atomic E-state index is 12.2. The van der Waals surface area contributed by atoms with E-state index in [-0.39, 0.29) is 4.90 Å². The van der Waals surface area contributed by atoms with Crippen LogP contribution in [-0.4, -0.2) is 66.8 Å². The number of aliphatic hydroxyl groups excluding tert-OH is 3. The first-order valence-corrected chi connectivity index (χ1v) is 11.5. The number of benzene rings is 1. The third-order valence-electron chi connectivity index (χ3n) is 4.68. The predicted molar refractivity (Wildman–Crippen MR) is 114 cm³/mol. The van der Waals surface area contributed by atoms with E-state index >= 15 is 0 Å². The van der Waals surface area contributed by atoms with Gasteiger partial charge in [0, 0.05) is 12.6 Å². The van der Waals surface area contributed by atoms with E-state index in [1.165, 1.54) is 18.4 Å². The molecule has 1 aromatic heterocycles. The number of sulfonamides is 1. The average molecular weight is 507 g/mol. The Kier molecular flexibility index (Phi) is 7.96. The zero-order chi connectivity index (χ0) is 23.5. The molecule has 0 aliphatic carbocycles. The van der Waals surface area contributed by atoms with Gasteiger partial charge < -0.3 is 29.8 Å². The normalized spacial score (nSPS) is 26.3. The molecule has 1 amide bonds. The monoisotopic (exact) mass is 506 g/mol. The Labute approximate surface area is 193 Å². The van der Waals surface area contributed by atoms with Crippen LogP contribution >= 0.6 is 23.2 Å². The number of ether oxygens (including phenoxy) is 1. The van der Waals surface area contributed by atoms with Crippen LogP contribution in [0.3, 0.4) is 0 Å². The van der Waals surface area contributed by atoms with Crippen LogP contribution in [0.4, 0.5) is 0 Å². The first-order chi connectivity index (χ1) is 15.1. The number of furan rings is 1. The molecule has 0 bridgehead atoms. The zero-order valence-electron chi connectivity index (χ0n) is 16.3. The van der Waals surface area contributed by atoms with Gasteiger partial charge in [0.15, 0.2) is 6.29 Å². The number of halogens is 2. The van der Waals surface area contributed by atoms with Crippen molar-refractivity contribution in [3.05, 3.63) is 58.5 Å². The molecule has 0 saturated carbocycles. The van der Waals surface area contributed by atoms with E-state index in [2.05, 4.69) is 10.0 Å². The third kappa shape index (κ3) is 5.88. The van der Waals surface area contributed by atoms with Crippen molar-refractivity contribution in [1.82, 2.24) is 10.0 Å². The summed E-state index contributed by atoms with van der Waals surface area (Å²) in [5.74, 6) is -0.686. The lowest BCUT2D eigenvalue weighted by Crippen LogP contribution is -2.64. The Morgan fingerprint density at radius 3 is 2.53 bits per heavy atom. The minimum Gasteiger partial charge on any atom is -0.471 e. The average Bonchev–Trinajstić information content (AvgIpc) is 3.30. The van der Waals surface area contributed by atoms with Crippen LogP contribution in [-0.2, 0) is 19.6 Å². The lowest BCUT2D eigenvalue weighted by atomic mass is 9.96. The molecule has 0 spiro atoms. The minimum atomic E-state index is -3.94. The van der Waals surface area contributed by atoms with Crippen molar-refractivity contribution in [3.63, 3.8) is 0 Å². The largest absolute Gasteiger partial charge is 0.471 e. The molecule has 5 atom stereocenters. The number of rotatable bonds is 7. The fourth-order valence-electron chi connectivity index (χ4n) is 2.95. The molecule has 0 radical (unpaired) electrons. The fourth-order valence-corrected chi connectivity index (χ4v) is 4.23. The number of hydrogen-bond donors (Lipinski definition) is 5. The van der Waals surface area contributed by atoms with Crippen LogP contribution in [0.1, 0.15) is 5.56 Å². The van der Waals surface area contributed by atoms with Crippen LogP contribution in [0.2, 0.25) is 10.0 Å². The molecular weight excluding hydrogens is 487 g/mol. The lowest BCUT2D eigenvalue weighted by molar-refractivity contribution is -0.244. The Morgan fingerprint density at radius 1 is 1.12 bits per heavy atom. The number of carbonyl (C=O) groups is 1. The highest BCUT2D eigenvalue weighted by atomic mass is 35.5. The van der Waals surface area contributed by atoms with Crippen LogP contribution in [0.25, 0.3) is 6.08 Å². The highest BCUT2D eigenvalue weighted by Gasteiger charge is 2.44. The standard InChI is InChI=1S/C19H20Cl2N2O8S/c20-12-3-1-10(7-13(12)21)2-4-15(24)23-16-18(26)17(25)14(31-19(16)27)8-22-32(28,29)11-5-6-30-9-11/h1-7,9,14,16-19,22,25-27H,8H2,(H,23,24)/b4-2+/t14-,16-,17-,18-,19?/m1/s1. The van der Waals surface area contributed by atoms with E-state index in [0.29, 0.717) is 15.6 Å². The topological polar surface area (TPSA) is 158 Å². The van der Waals surface area contributed by atoms with Gasteiger partial charge in [0.05, 0.1) is 16.3 Å². The van der Waals surface area contributed by atoms with Gasteiger partial charge in [-0.1, -0.05) is 29.3 Å². The maximum Gasteiger partial charge on any atom is 0.244 e. The summed E-state index contributed by atoms with van der Waals surface area (Å²) in [4.78, 5) is 12.1. The first-order valence-electron chi connectivity index (χ1n) is 9.23. The van der Waals surface area contributed by atoms with E-state index in [4.69, 9.17) is 32.4 Å². The highest BCUT2D eigenvalue weighted by Crippen LogP contribution is 2.23. The molecular formula is C19H20Cl2N2O8S. The summed E-state index contributed by atoms with van der Waals surface area (Å²) in [6.07, 6.45) is -1.46. The van der Waals surface area contributed by atoms with Gasteiger partial charge >= 0.3 is 0 Å². The summed E-state index contributed by atoms with van der Waals surface area (Å²) in [5.41, 5.74) is 0.584. The number of amides is 1. The molecule has 1 fully saturated rings. The molecule has 3 rings (SSSR count). The van der Waals surface area contributed by atoms with Crippen molar-refractivity contribution < 1.29 is 37.7 Å². The molecule has 32 heavy (non-hydrogen) atoms. The van der Waals surface area contributed by atoms with E-state index in [1.807, 2.05) is 0 Å². The first kappa shape index (κ1) is 24.7. The van der Waals surface area contributed by atoms with Crippen molar-refractivity contribution in [1.29, 1.82) is 0 Å². The quantitative estimate of drug-likeness (QED) is 0.339. The minimum absolute atomic E-state index is 0.136. The second kappa shape index (κ2) is 10.3. The Hall–Kier alpha value is -1.96. The molecule has 10 nitrogen and oxygen atoms in total. The molecule has 174 valence electrons. The predicted octanol–water partition coefficient (Wildman–Crippen LogP) is 0.502. The van der Waals surface area contributed by atoms with Gasteiger partial charge in [0.2, 0.25) is 15.9 Å². The smallest absolute Gasteiger partial charge is 0.244 e. The number of aliphatic hydroxyl groups is 3.